The van der Waals surface area contributed by atoms with E-state index in [2.05, 4.69) is 25.1 Å². The highest BCUT2D eigenvalue weighted by molar-refractivity contribution is 6.04. The second-order valence-electron chi connectivity index (χ2n) is 4.93. The number of carbonyl (C=O) groups is 1. The van der Waals surface area contributed by atoms with Crippen LogP contribution in [0, 0.1) is 0 Å². The molecule has 2 heteroatoms. The van der Waals surface area contributed by atoms with Gasteiger partial charge >= 0.3 is 0 Å². The van der Waals surface area contributed by atoms with E-state index < -0.39 is 0 Å². The summed E-state index contributed by atoms with van der Waals surface area (Å²) in [5, 5.41) is 0. The maximum atomic E-state index is 12.5. The Kier molecular flexibility index (Phi) is 3.08. The fraction of sp³-hybridized carbons (Fsp3) is 0.235. The van der Waals surface area contributed by atoms with Crippen LogP contribution < -0.4 is 4.90 Å². The summed E-state index contributed by atoms with van der Waals surface area (Å²) < 4.78 is 0. The van der Waals surface area contributed by atoms with Crippen molar-refractivity contribution in [3.8, 4) is 0 Å². The van der Waals surface area contributed by atoms with Gasteiger partial charge in [-0.2, -0.15) is 0 Å². The number of amides is 1. The summed E-state index contributed by atoms with van der Waals surface area (Å²) in [7, 11) is 0. The number of para-hydroxylation sites is 1. The number of carbonyl (C=O) groups excluding carboxylic acids is 1. The van der Waals surface area contributed by atoms with Crippen molar-refractivity contribution >= 4 is 11.6 Å². The normalized spacial score (nSPS) is 17.6. The summed E-state index contributed by atoms with van der Waals surface area (Å²) in [6, 6.07) is 18.3. The first-order chi connectivity index (χ1) is 9.31. The van der Waals surface area contributed by atoms with Gasteiger partial charge in [-0.3, -0.25) is 4.79 Å². The van der Waals surface area contributed by atoms with Crippen molar-refractivity contribution in [2.75, 3.05) is 4.90 Å². The van der Waals surface area contributed by atoms with Gasteiger partial charge in [0.1, 0.15) is 0 Å². The quantitative estimate of drug-likeness (QED) is 0.814. The molecule has 0 bridgehead atoms. The molecule has 1 amide bonds. The summed E-state index contributed by atoms with van der Waals surface area (Å²) >= 11 is 0. The lowest BCUT2D eigenvalue weighted by Crippen LogP contribution is -2.28. The number of benzene rings is 2. The van der Waals surface area contributed by atoms with Crippen LogP contribution in [0.5, 0.6) is 0 Å². The van der Waals surface area contributed by atoms with E-state index >= 15 is 0 Å². The van der Waals surface area contributed by atoms with Crippen LogP contribution in [0.25, 0.3) is 0 Å². The maximum Gasteiger partial charge on any atom is 0.234 e. The Balaban J connectivity index is 1.96. The highest BCUT2D eigenvalue weighted by Crippen LogP contribution is 2.39. The predicted molar refractivity (Wildman–Crippen MR) is 77.1 cm³/mol. The first kappa shape index (κ1) is 12.0. The Labute approximate surface area is 113 Å². The van der Waals surface area contributed by atoms with Crippen molar-refractivity contribution in [3.63, 3.8) is 0 Å². The Bertz CT molecular complexity index is 591. The molecule has 0 spiro atoms. The van der Waals surface area contributed by atoms with Gasteiger partial charge in [-0.05, 0) is 23.6 Å². The van der Waals surface area contributed by atoms with Gasteiger partial charge in [0, 0.05) is 5.69 Å². The molecule has 0 radical (unpaired) electrons. The summed E-state index contributed by atoms with van der Waals surface area (Å²) in [4.78, 5) is 14.4. The molecule has 3 rings (SSSR count). The third-order valence-electron chi connectivity index (χ3n) is 3.76. The van der Waals surface area contributed by atoms with E-state index in [4.69, 9.17) is 0 Å². The molecule has 1 aliphatic rings. The molecule has 96 valence electrons. The molecule has 0 aliphatic carbocycles. The minimum absolute atomic E-state index is 0.0277. The highest BCUT2D eigenvalue weighted by Gasteiger charge is 2.35. The van der Waals surface area contributed by atoms with Gasteiger partial charge in [0.15, 0.2) is 0 Å². The average Bonchev–Trinajstić information content (AvgIpc) is 2.73. The van der Waals surface area contributed by atoms with Crippen LogP contribution in [0.2, 0.25) is 0 Å². The van der Waals surface area contributed by atoms with E-state index in [0.29, 0.717) is 6.54 Å². The molecular weight excluding hydrogens is 234 g/mol. The summed E-state index contributed by atoms with van der Waals surface area (Å²) in [5.74, 6) is 0.257. The summed E-state index contributed by atoms with van der Waals surface area (Å²) in [6.07, 6.45) is 0.862. The third-order valence-corrected chi connectivity index (χ3v) is 3.76. The summed E-state index contributed by atoms with van der Waals surface area (Å²) in [5.41, 5.74) is 3.41. The number of fused-ring (bicyclic) bond motifs is 1. The van der Waals surface area contributed by atoms with Gasteiger partial charge in [0.25, 0.3) is 0 Å². The molecule has 1 atom stereocenters. The summed E-state index contributed by atoms with van der Waals surface area (Å²) in [6.45, 7) is 2.73. The van der Waals surface area contributed by atoms with Crippen LogP contribution in [0.3, 0.4) is 0 Å². The monoisotopic (exact) mass is 251 g/mol. The minimum Gasteiger partial charge on any atom is -0.307 e. The molecule has 0 N–H and O–H groups in total. The van der Waals surface area contributed by atoms with Crippen LogP contribution in [0.15, 0.2) is 54.6 Å². The van der Waals surface area contributed by atoms with Crippen LogP contribution in [-0.4, -0.2) is 5.91 Å². The molecular formula is C17H17NO. The molecule has 2 aromatic carbocycles. The second-order valence-corrected chi connectivity index (χ2v) is 4.93. The van der Waals surface area contributed by atoms with Crippen molar-refractivity contribution in [1.82, 2.24) is 0 Å². The van der Waals surface area contributed by atoms with E-state index in [1.807, 2.05) is 41.3 Å². The molecule has 19 heavy (non-hydrogen) atoms. The minimum atomic E-state index is 0.0277. The molecule has 1 aliphatic heterocycles. The molecule has 0 fully saturated rings. The zero-order chi connectivity index (χ0) is 13.2. The Hall–Kier alpha value is -2.09. The molecule has 1 heterocycles. The predicted octanol–water partition coefficient (Wildman–Crippen LogP) is 3.73. The van der Waals surface area contributed by atoms with E-state index in [9.17, 15) is 4.79 Å². The smallest absolute Gasteiger partial charge is 0.234 e. The van der Waals surface area contributed by atoms with Gasteiger partial charge in [-0.25, -0.2) is 0 Å². The van der Waals surface area contributed by atoms with E-state index in [1.165, 1.54) is 11.1 Å². The van der Waals surface area contributed by atoms with Gasteiger partial charge in [-0.1, -0.05) is 55.5 Å². The average molecular weight is 251 g/mol. The molecule has 1 unspecified atom stereocenters. The maximum absolute atomic E-state index is 12.5. The third kappa shape index (κ3) is 2.03. The van der Waals surface area contributed by atoms with Gasteiger partial charge in [0.2, 0.25) is 5.91 Å². The van der Waals surface area contributed by atoms with Crippen LogP contribution in [0.4, 0.5) is 5.69 Å². The van der Waals surface area contributed by atoms with E-state index in [-0.39, 0.29) is 11.8 Å². The molecule has 2 aromatic rings. The fourth-order valence-corrected chi connectivity index (χ4v) is 2.79. The van der Waals surface area contributed by atoms with Crippen molar-refractivity contribution in [2.24, 2.45) is 0 Å². The zero-order valence-electron chi connectivity index (χ0n) is 11.0. The Morgan fingerprint density at radius 3 is 2.42 bits per heavy atom. The van der Waals surface area contributed by atoms with Crippen molar-refractivity contribution in [1.29, 1.82) is 0 Å². The van der Waals surface area contributed by atoms with Gasteiger partial charge in [-0.15, -0.1) is 0 Å². The number of hydrogen-bond acceptors (Lipinski definition) is 1. The molecule has 0 saturated heterocycles. The fourth-order valence-electron chi connectivity index (χ4n) is 2.79. The number of nitrogens with zero attached hydrogens (tertiary/aromatic N) is 1. The SMILES string of the molecule is CCC1C(=O)N(Cc2ccccc2)c2ccccc21. The van der Waals surface area contributed by atoms with E-state index in [1.54, 1.807) is 0 Å². The first-order valence-electron chi connectivity index (χ1n) is 6.75. The molecule has 2 nitrogen and oxygen atoms in total. The Morgan fingerprint density at radius 1 is 1.00 bits per heavy atom. The van der Waals surface area contributed by atoms with E-state index in [0.717, 1.165) is 12.1 Å². The standard InChI is InChI=1S/C17H17NO/c1-2-14-15-10-6-7-11-16(15)18(17(14)19)12-13-8-4-3-5-9-13/h3-11,14H,2,12H2,1H3. The Morgan fingerprint density at radius 2 is 1.68 bits per heavy atom. The van der Waals surface area contributed by atoms with Crippen molar-refractivity contribution in [2.45, 2.75) is 25.8 Å². The highest BCUT2D eigenvalue weighted by atomic mass is 16.2. The number of hydrogen-bond donors (Lipinski definition) is 0. The van der Waals surface area contributed by atoms with Crippen LogP contribution in [-0.2, 0) is 11.3 Å². The molecule has 0 aromatic heterocycles. The second kappa shape index (κ2) is 4.88. The van der Waals surface area contributed by atoms with Crippen molar-refractivity contribution in [3.05, 3.63) is 65.7 Å². The van der Waals surface area contributed by atoms with Crippen LogP contribution >= 0.6 is 0 Å². The largest absolute Gasteiger partial charge is 0.307 e. The van der Waals surface area contributed by atoms with Crippen molar-refractivity contribution < 1.29 is 4.79 Å². The lowest BCUT2D eigenvalue weighted by molar-refractivity contribution is -0.119. The zero-order valence-corrected chi connectivity index (χ0v) is 11.0. The van der Waals surface area contributed by atoms with Gasteiger partial charge in [0.05, 0.1) is 12.5 Å². The van der Waals surface area contributed by atoms with Crippen LogP contribution in [0.1, 0.15) is 30.4 Å². The lowest BCUT2D eigenvalue weighted by atomic mass is 9.98. The molecule has 0 saturated carbocycles. The number of anilines is 1. The first-order valence-corrected chi connectivity index (χ1v) is 6.75. The lowest BCUT2D eigenvalue weighted by Gasteiger charge is -2.18. The number of rotatable bonds is 3. The van der Waals surface area contributed by atoms with Gasteiger partial charge < -0.3 is 4.90 Å². The topological polar surface area (TPSA) is 20.3 Å².